The van der Waals surface area contributed by atoms with E-state index in [2.05, 4.69) is 22.4 Å². The SMILES string of the molecule is CCNCc1ccn[nH]1.Cl. The Hall–Kier alpha value is -0.540. The van der Waals surface area contributed by atoms with Crippen molar-refractivity contribution in [3.8, 4) is 0 Å². The van der Waals surface area contributed by atoms with Crippen LogP contribution in [0.15, 0.2) is 12.3 Å². The largest absolute Gasteiger partial charge is 0.311 e. The number of aromatic amines is 1. The molecule has 0 fully saturated rings. The Bertz CT molecular complexity index is 150. The Balaban J connectivity index is 0.000000810. The van der Waals surface area contributed by atoms with Crippen molar-refractivity contribution in [2.45, 2.75) is 13.5 Å². The number of nitrogens with zero attached hydrogens (tertiary/aromatic N) is 1. The van der Waals surface area contributed by atoms with E-state index < -0.39 is 0 Å². The van der Waals surface area contributed by atoms with Crippen LogP contribution in [0, 0.1) is 0 Å². The molecule has 2 N–H and O–H groups in total. The van der Waals surface area contributed by atoms with E-state index in [1.54, 1.807) is 6.20 Å². The van der Waals surface area contributed by atoms with Gasteiger partial charge < -0.3 is 5.32 Å². The quantitative estimate of drug-likeness (QED) is 0.693. The minimum Gasteiger partial charge on any atom is -0.311 e. The monoisotopic (exact) mass is 161 g/mol. The lowest BCUT2D eigenvalue weighted by Crippen LogP contribution is -2.11. The van der Waals surface area contributed by atoms with Gasteiger partial charge in [-0.2, -0.15) is 5.10 Å². The molecular weight excluding hydrogens is 150 g/mol. The zero-order valence-electron chi connectivity index (χ0n) is 5.92. The first-order valence-corrected chi connectivity index (χ1v) is 3.12. The van der Waals surface area contributed by atoms with Crippen LogP contribution in [0.1, 0.15) is 12.6 Å². The highest BCUT2D eigenvalue weighted by atomic mass is 35.5. The summed E-state index contributed by atoms with van der Waals surface area (Å²) >= 11 is 0. The van der Waals surface area contributed by atoms with Crippen molar-refractivity contribution >= 4 is 12.4 Å². The van der Waals surface area contributed by atoms with Gasteiger partial charge in [-0.15, -0.1) is 12.4 Å². The number of halogens is 1. The van der Waals surface area contributed by atoms with Crippen LogP contribution in [0.2, 0.25) is 0 Å². The Morgan fingerprint density at radius 3 is 3.00 bits per heavy atom. The average Bonchev–Trinajstić information content (AvgIpc) is 2.34. The molecule has 1 heterocycles. The number of hydrogen-bond acceptors (Lipinski definition) is 2. The normalized spacial score (nSPS) is 8.90. The molecule has 0 unspecified atom stereocenters. The highest BCUT2D eigenvalue weighted by molar-refractivity contribution is 5.85. The van der Waals surface area contributed by atoms with Crippen molar-refractivity contribution in [3.63, 3.8) is 0 Å². The van der Waals surface area contributed by atoms with Crippen molar-refractivity contribution < 1.29 is 0 Å². The van der Waals surface area contributed by atoms with Crippen LogP contribution < -0.4 is 5.32 Å². The van der Waals surface area contributed by atoms with Crippen LogP contribution in [0.25, 0.3) is 0 Å². The minimum atomic E-state index is 0. The lowest BCUT2D eigenvalue weighted by molar-refractivity contribution is 0.707. The predicted molar refractivity (Wildman–Crippen MR) is 43.2 cm³/mol. The standard InChI is InChI=1S/C6H11N3.ClH/c1-2-7-5-6-3-4-8-9-6;/h3-4,7H,2,5H2,1H3,(H,8,9);1H. The Morgan fingerprint density at radius 1 is 1.70 bits per heavy atom. The fourth-order valence-electron chi connectivity index (χ4n) is 0.643. The van der Waals surface area contributed by atoms with E-state index in [0.717, 1.165) is 18.8 Å². The van der Waals surface area contributed by atoms with Gasteiger partial charge in [0.05, 0.1) is 0 Å². The van der Waals surface area contributed by atoms with Gasteiger partial charge >= 0.3 is 0 Å². The molecule has 0 saturated heterocycles. The summed E-state index contributed by atoms with van der Waals surface area (Å²) in [6.45, 7) is 3.96. The van der Waals surface area contributed by atoms with Crippen LogP contribution in [-0.4, -0.2) is 16.7 Å². The summed E-state index contributed by atoms with van der Waals surface area (Å²) in [6, 6.07) is 1.96. The Labute approximate surface area is 66.6 Å². The molecule has 0 bridgehead atoms. The van der Waals surface area contributed by atoms with E-state index in [0.29, 0.717) is 0 Å². The molecule has 0 atom stereocenters. The van der Waals surface area contributed by atoms with E-state index in [4.69, 9.17) is 0 Å². The lowest BCUT2D eigenvalue weighted by Gasteiger charge is -1.94. The Morgan fingerprint density at radius 2 is 2.50 bits per heavy atom. The van der Waals surface area contributed by atoms with Crippen LogP contribution in [0.3, 0.4) is 0 Å². The summed E-state index contributed by atoms with van der Waals surface area (Å²) in [6.07, 6.45) is 1.76. The third-order valence-corrected chi connectivity index (χ3v) is 1.12. The maximum atomic E-state index is 3.81. The van der Waals surface area contributed by atoms with Gasteiger partial charge in [-0.3, -0.25) is 5.10 Å². The second-order valence-electron chi connectivity index (χ2n) is 1.86. The molecule has 0 aliphatic heterocycles. The maximum Gasteiger partial charge on any atom is 0.0490 e. The summed E-state index contributed by atoms with van der Waals surface area (Å²) in [7, 11) is 0. The smallest absolute Gasteiger partial charge is 0.0490 e. The minimum absolute atomic E-state index is 0. The van der Waals surface area contributed by atoms with E-state index >= 15 is 0 Å². The highest BCUT2D eigenvalue weighted by Crippen LogP contribution is 1.88. The molecule has 0 aliphatic carbocycles. The number of H-pyrrole nitrogens is 1. The van der Waals surface area contributed by atoms with Gasteiger partial charge in [0.25, 0.3) is 0 Å². The zero-order valence-corrected chi connectivity index (χ0v) is 6.74. The van der Waals surface area contributed by atoms with Gasteiger partial charge in [0.2, 0.25) is 0 Å². The van der Waals surface area contributed by atoms with Crippen molar-refractivity contribution in [1.82, 2.24) is 15.5 Å². The van der Waals surface area contributed by atoms with Crippen molar-refractivity contribution in [2.24, 2.45) is 0 Å². The molecule has 3 nitrogen and oxygen atoms in total. The molecule has 0 radical (unpaired) electrons. The molecule has 58 valence electrons. The summed E-state index contributed by atoms with van der Waals surface area (Å²) in [5.74, 6) is 0. The van der Waals surface area contributed by atoms with Gasteiger partial charge in [-0.05, 0) is 12.6 Å². The first-order valence-electron chi connectivity index (χ1n) is 3.12. The maximum absolute atomic E-state index is 3.81. The molecule has 0 aromatic carbocycles. The van der Waals surface area contributed by atoms with Crippen LogP contribution in [-0.2, 0) is 6.54 Å². The van der Waals surface area contributed by atoms with Gasteiger partial charge in [0.15, 0.2) is 0 Å². The molecular formula is C6H12ClN3. The fourth-order valence-corrected chi connectivity index (χ4v) is 0.643. The molecule has 10 heavy (non-hydrogen) atoms. The summed E-state index contributed by atoms with van der Waals surface area (Å²) < 4.78 is 0. The first kappa shape index (κ1) is 9.46. The third-order valence-electron chi connectivity index (χ3n) is 1.12. The number of nitrogens with one attached hydrogen (secondary N) is 2. The van der Waals surface area contributed by atoms with Crippen molar-refractivity contribution in [3.05, 3.63) is 18.0 Å². The van der Waals surface area contributed by atoms with Crippen LogP contribution in [0.5, 0.6) is 0 Å². The Kier molecular flexibility index (Phi) is 4.98. The van der Waals surface area contributed by atoms with Crippen molar-refractivity contribution in [1.29, 1.82) is 0 Å². The zero-order chi connectivity index (χ0) is 6.53. The highest BCUT2D eigenvalue weighted by Gasteiger charge is 1.88. The summed E-state index contributed by atoms with van der Waals surface area (Å²) in [5, 5.41) is 9.85. The van der Waals surface area contributed by atoms with Gasteiger partial charge in [-0.1, -0.05) is 6.92 Å². The third kappa shape index (κ3) is 2.85. The van der Waals surface area contributed by atoms with Gasteiger partial charge in [0, 0.05) is 18.4 Å². The predicted octanol–water partition coefficient (Wildman–Crippen LogP) is 0.941. The topological polar surface area (TPSA) is 40.7 Å². The number of hydrogen-bond donors (Lipinski definition) is 2. The van der Waals surface area contributed by atoms with Crippen LogP contribution >= 0.6 is 12.4 Å². The second kappa shape index (κ2) is 5.26. The average molecular weight is 162 g/mol. The number of aromatic nitrogens is 2. The van der Waals surface area contributed by atoms with E-state index in [1.807, 2.05) is 6.07 Å². The molecule has 1 aromatic heterocycles. The van der Waals surface area contributed by atoms with E-state index in [9.17, 15) is 0 Å². The molecule has 0 aliphatic rings. The molecule has 1 aromatic rings. The fraction of sp³-hybridized carbons (Fsp3) is 0.500. The van der Waals surface area contributed by atoms with E-state index in [-0.39, 0.29) is 12.4 Å². The summed E-state index contributed by atoms with van der Waals surface area (Å²) in [4.78, 5) is 0. The van der Waals surface area contributed by atoms with Gasteiger partial charge in [0.1, 0.15) is 0 Å². The molecule has 0 spiro atoms. The summed E-state index contributed by atoms with van der Waals surface area (Å²) in [5.41, 5.74) is 1.14. The second-order valence-corrected chi connectivity index (χ2v) is 1.86. The van der Waals surface area contributed by atoms with E-state index in [1.165, 1.54) is 0 Å². The van der Waals surface area contributed by atoms with Crippen LogP contribution in [0.4, 0.5) is 0 Å². The van der Waals surface area contributed by atoms with Gasteiger partial charge in [-0.25, -0.2) is 0 Å². The first-order chi connectivity index (χ1) is 4.43. The lowest BCUT2D eigenvalue weighted by atomic mass is 10.4. The molecule has 4 heteroatoms. The molecule has 1 rings (SSSR count). The van der Waals surface area contributed by atoms with Crippen molar-refractivity contribution in [2.75, 3.05) is 6.54 Å². The molecule has 0 amide bonds. The molecule has 0 saturated carbocycles. The number of rotatable bonds is 3.